The molecule has 1 aliphatic rings. The fourth-order valence-electron chi connectivity index (χ4n) is 2.41. The van der Waals surface area contributed by atoms with Gasteiger partial charge in [-0.25, -0.2) is 4.99 Å². The highest BCUT2D eigenvalue weighted by atomic mass is 127. The van der Waals surface area contributed by atoms with Gasteiger partial charge in [0.15, 0.2) is 0 Å². The summed E-state index contributed by atoms with van der Waals surface area (Å²) in [7, 11) is 0. The normalized spacial score (nSPS) is 15.8. The lowest BCUT2D eigenvalue weighted by molar-refractivity contribution is -0.115. The molecule has 5 heteroatoms. The lowest BCUT2D eigenvalue weighted by Gasteiger charge is -2.04. The monoisotopic (exact) mass is 450 g/mol. The second kappa shape index (κ2) is 7.07. The van der Waals surface area contributed by atoms with Crippen LogP contribution in [0, 0.1) is 3.57 Å². The molecule has 0 aromatic heterocycles. The highest BCUT2D eigenvalue weighted by molar-refractivity contribution is 14.1. The summed E-state index contributed by atoms with van der Waals surface area (Å²) in [5.41, 5.74) is 3.33. The molecule has 122 valence electrons. The molecule has 0 atom stereocenters. The standard InChI is InChI=1S/C19H16ClIN2O/c1-11(2)13-5-3-12(4-6-13)9-17-19(24)23-18(22-17)15-10-14(21)7-8-16(15)20/h3-11H,1-2H3,(H,22,23,24)/b17-9-. The van der Waals surface area contributed by atoms with Crippen molar-refractivity contribution in [3.8, 4) is 0 Å². The molecule has 3 nitrogen and oxygen atoms in total. The van der Waals surface area contributed by atoms with Crippen LogP contribution in [0.4, 0.5) is 0 Å². The van der Waals surface area contributed by atoms with Gasteiger partial charge in [0.05, 0.1) is 5.02 Å². The van der Waals surface area contributed by atoms with Gasteiger partial charge >= 0.3 is 0 Å². The van der Waals surface area contributed by atoms with Gasteiger partial charge in [-0.05, 0) is 63.9 Å². The number of carbonyl (C=O) groups excluding carboxylic acids is 1. The summed E-state index contributed by atoms with van der Waals surface area (Å²) in [5.74, 6) is 0.759. The molecule has 2 aromatic rings. The first-order valence-corrected chi connectivity index (χ1v) is 9.07. The van der Waals surface area contributed by atoms with Crippen LogP contribution in [0.2, 0.25) is 5.02 Å². The molecule has 0 aliphatic carbocycles. The number of amidine groups is 1. The van der Waals surface area contributed by atoms with Gasteiger partial charge in [-0.3, -0.25) is 4.79 Å². The molecule has 1 heterocycles. The summed E-state index contributed by atoms with van der Waals surface area (Å²) in [5, 5.41) is 3.36. The Balaban J connectivity index is 1.92. The van der Waals surface area contributed by atoms with E-state index >= 15 is 0 Å². The number of rotatable bonds is 3. The third-order valence-electron chi connectivity index (χ3n) is 3.79. The molecule has 2 aromatic carbocycles. The third kappa shape index (κ3) is 3.70. The van der Waals surface area contributed by atoms with Gasteiger partial charge in [0.25, 0.3) is 5.91 Å². The minimum Gasteiger partial charge on any atom is -0.305 e. The number of nitrogens with zero attached hydrogens (tertiary/aromatic N) is 1. The number of amides is 1. The first-order chi connectivity index (χ1) is 11.4. The Hall–Kier alpha value is -1.66. The Kier molecular flexibility index (Phi) is 5.06. The molecule has 0 bridgehead atoms. The zero-order chi connectivity index (χ0) is 17.3. The molecule has 1 N–H and O–H groups in total. The number of aliphatic imine (C=N–C) groups is 1. The van der Waals surface area contributed by atoms with Crippen molar-refractivity contribution in [3.63, 3.8) is 0 Å². The van der Waals surface area contributed by atoms with E-state index in [9.17, 15) is 4.79 Å². The smallest absolute Gasteiger partial charge is 0.275 e. The highest BCUT2D eigenvalue weighted by Crippen LogP contribution is 2.23. The molecule has 0 unspecified atom stereocenters. The number of hydrogen-bond acceptors (Lipinski definition) is 2. The minimum absolute atomic E-state index is 0.215. The van der Waals surface area contributed by atoms with Crippen LogP contribution in [-0.4, -0.2) is 11.7 Å². The zero-order valence-electron chi connectivity index (χ0n) is 13.3. The fourth-order valence-corrected chi connectivity index (χ4v) is 3.11. The zero-order valence-corrected chi connectivity index (χ0v) is 16.2. The first-order valence-electron chi connectivity index (χ1n) is 7.61. The Morgan fingerprint density at radius 3 is 2.54 bits per heavy atom. The van der Waals surface area contributed by atoms with Gasteiger partial charge in [-0.2, -0.15) is 0 Å². The molecule has 1 amide bonds. The van der Waals surface area contributed by atoms with Gasteiger partial charge in [0.2, 0.25) is 0 Å². The Labute approximate surface area is 160 Å². The van der Waals surface area contributed by atoms with Crippen LogP contribution >= 0.6 is 34.2 Å². The van der Waals surface area contributed by atoms with Crippen LogP contribution in [0.25, 0.3) is 6.08 Å². The van der Waals surface area contributed by atoms with Crippen molar-refractivity contribution in [1.29, 1.82) is 0 Å². The maximum Gasteiger partial charge on any atom is 0.275 e. The summed E-state index contributed by atoms with van der Waals surface area (Å²) in [6.07, 6.45) is 1.79. The van der Waals surface area contributed by atoms with Crippen molar-refractivity contribution >= 4 is 52.0 Å². The van der Waals surface area contributed by atoms with Crippen LogP contribution in [0.3, 0.4) is 0 Å². The van der Waals surface area contributed by atoms with E-state index in [0.717, 1.165) is 14.7 Å². The average molecular weight is 451 g/mol. The van der Waals surface area contributed by atoms with E-state index in [1.54, 1.807) is 12.1 Å². The quantitative estimate of drug-likeness (QED) is 0.520. The van der Waals surface area contributed by atoms with E-state index in [1.165, 1.54) is 5.56 Å². The van der Waals surface area contributed by atoms with Crippen molar-refractivity contribution in [2.45, 2.75) is 19.8 Å². The molecule has 1 aliphatic heterocycles. The number of carbonyl (C=O) groups is 1. The van der Waals surface area contributed by atoms with Crippen molar-refractivity contribution in [2.24, 2.45) is 4.99 Å². The Morgan fingerprint density at radius 2 is 1.88 bits per heavy atom. The van der Waals surface area contributed by atoms with E-state index in [-0.39, 0.29) is 5.91 Å². The van der Waals surface area contributed by atoms with Crippen molar-refractivity contribution in [2.75, 3.05) is 0 Å². The Morgan fingerprint density at radius 1 is 1.17 bits per heavy atom. The molecule has 24 heavy (non-hydrogen) atoms. The van der Waals surface area contributed by atoms with Crippen molar-refractivity contribution < 1.29 is 4.79 Å². The van der Waals surface area contributed by atoms with Gasteiger partial charge in [0, 0.05) is 9.13 Å². The van der Waals surface area contributed by atoms with Crippen LogP contribution < -0.4 is 5.32 Å². The summed E-state index contributed by atoms with van der Waals surface area (Å²) in [6, 6.07) is 13.8. The van der Waals surface area contributed by atoms with Crippen LogP contribution in [0.5, 0.6) is 0 Å². The molecule has 0 radical (unpaired) electrons. The molecule has 0 saturated carbocycles. The van der Waals surface area contributed by atoms with Gasteiger partial charge < -0.3 is 5.32 Å². The van der Waals surface area contributed by atoms with E-state index < -0.39 is 0 Å². The minimum atomic E-state index is -0.215. The Bertz CT molecular complexity index is 854. The van der Waals surface area contributed by atoms with E-state index in [2.05, 4.69) is 58.9 Å². The van der Waals surface area contributed by atoms with Crippen LogP contribution in [-0.2, 0) is 4.79 Å². The second-order valence-corrected chi connectivity index (χ2v) is 7.54. The predicted molar refractivity (Wildman–Crippen MR) is 107 cm³/mol. The predicted octanol–water partition coefficient (Wildman–Crippen LogP) is 4.99. The van der Waals surface area contributed by atoms with Gasteiger partial charge in [0.1, 0.15) is 11.5 Å². The topological polar surface area (TPSA) is 41.5 Å². The summed E-state index contributed by atoms with van der Waals surface area (Å²) in [4.78, 5) is 16.6. The summed E-state index contributed by atoms with van der Waals surface area (Å²) >= 11 is 8.43. The van der Waals surface area contributed by atoms with Crippen LogP contribution in [0.1, 0.15) is 36.5 Å². The van der Waals surface area contributed by atoms with Crippen LogP contribution in [0.15, 0.2) is 53.2 Å². The number of hydrogen-bond donors (Lipinski definition) is 1. The number of halogens is 2. The lowest BCUT2D eigenvalue weighted by atomic mass is 10.0. The SMILES string of the molecule is CC(C)c1ccc(/C=C2\N=C(c3cc(I)ccc3Cl)NC2=O)cc1. The number of benzene rings is 2. The highest BCUT2D eigenvalue weighted by Gasteiger charge is 2.22. The first kappa shape index (κ1) is 17.2. The van der Waals surface area contributed by atoms with E-state index in [0.29, 0.717) is 22.5 Å². The maximum atomic E-state index is 12.2. The van der Waals surface area contributed by atoms with Crippen molar-refractivity contribution in [3.05, 3.63) is 73.4 Å². The van der Waals surface area contributed by atoms with E-state index in [4.69, 9.17) is 11.6 Å². The van der Waals surface area contributed by atoms with Crippen molar-refractivity contribution in [1.82, 2.24) is 5.32 Å². The number of nitrogens with one attached hydrogen (secondary N) is 1. The maximum absolute atomic E-state index is 12.2. The summed E-state index contributed by atoms with van der Waals surface area (Å²) in [6.45, 7) is 4.30. The molecular formula is C19H16ClIN2O. The lowest BCUT2D eigenvalue weighted by Crippen LogP contribution is -2.25. The molecule has 3 rings (SSSR count). The molecular weight excluding hydrogens is 435 g/mol. The van der Waals surface area contributed by atoms with Gasteiger partial charge in [-0.15, -0.1) is 0 Å². The fraction of sp³-hybridized carbons (Fsp3) is 0.158. The largest absolute Gasteiger partial charge is 0.305 e. The molecule has 0 spiro atoms. The van der Waals surface area contributed by atoms with E-state index in [1.807, 2.05) is 24.3 Å². The molecule has 0 saturated heterocycles. The van der Waals surface area contributed by atoms with Gasteiger partial charge in [-0.1, -0.05) is 49.7 Å². The second-order valence-electron chi connectivity index (χ2n) is 5.89. The summed E-state index contributed by atoms with van der Waals surface area (Å²) < 4.78 is 1.03. The molecule has 0 fully saturated rings. The third-order valence-corrected chi connectivity index (χ3v) is 4.79. The average Bonchev–Trinajstić information content (AvgIpc) is 2.91.